The molecule has 1 amide bonds. The number of carbonyl (C=O) groups is 1. The number of halogens is 1. The second-order valence-electron chi connectivity index (χ2n) is 5.46. The highest BCUT2D eigenvalue weighted by Gasteiger charge is 2.21. The van der Waals surface area contributed by atoms with Crippen LogP contribution in [0.5, 0.6) is 0 Å². The molecule has 0 aliphatic carbocycles. The van der Waals surface area contributed by atoms with Gasteiger partial charge in [0.05, 0.1) is 15.4 Å². The van der Waals surface area contributed by atoms with Crippen molar-refractivity contribution in [2.24, 2.45) is 5.14 Å². The van der Waals surface area contributed by atoms with Gasteiger partial charge in [0.1, 0.15) is 5.82 Å². The maximum atomic E-state index is 14.0. The normalized spacial score (nSPS) is 12.2. The molecule has 0 spiro atoms. The van der Waals surface area contributed by atoms with Crippen LogP contribution in [0, 0.1) is 5.82 Å². The predicted molar refractivity (Wildman–Crippen MR) is 93.0 cm³/mol. The Morgan fingerprint density at radius 2 is 1.69 bits per heavy atom. The van der Waals surface area contributed by atoms with Gasteiger partial charge in [-0.1, -0.05) is 6.07 Å². The van der Waals surface area contributed by atoms with Crippen molar-refractivity contribution in [1.29, 1.82) is 0 Å². The van der Waals surface area contributed by atoms with Crippen molar-refractivity contribution in [2.45, 2.75) is 9.79 Å². The monoisotopic (exact) mass is 401 g/mol. The topological polar surface area (TPSA) is 127 Å². The highest BCUT2D eigenvalue weighted by atomic mass is 32.2. The van der Waals surface area contributed by atoms with E-state index in [1.165, 1.54) is 32.3 Å². The summed E-state index contributed by atoms with van der Waals surface area (Å²) in [6, 6.07) is 7.88. The van der Waals surface area contributed by atoms with Crippen molar-refractivity contribution in [2.75, 3.05) is 19.4 Å². The first-order chi connectivity index (χ1) is 11.9. The van der Waals surface area contributed by atoms with E-state index in [-0.39, 0.29) is 15.5 Å². The Bertz CT molecular complexity index is 1070. The Balaban J connectivity index is 2.39. The van der Waals surface area contributed by atoms with Crippen LogP contribution in [0.15, 0.2) is 52.3 Å². The summed E-state index contributed by atoms with van der Waals surface area (Å²) in [7, 11) is -5.23. The molecular formula is C15H16FN3O5S2. The molecule has 0 atom stereocenters. The van der Waals surface area contributed by atoms with Crippen LogP contribution in [0.3, 0.4) is 0 Å². The summed E-state index contributed by atoms with van der Waals surface area (Å²) < 4.78 is 61.9. The standard InChI is InChI=1S/C15H16FN3O5S2/c1-19(2)26(23,24)12-6-7-14(16)13(9-12)15(20)18-10-4-3-5-11(8-10)25(17,21)22/h3-9H,1-2H3,(H,18,20)(H2,17,21,22). The quantitative estimate of drug-likeness (QED) is 0.772. The number of sulfonamides is 2. The summed E-state index contributed by atoms with van der Waals surface area (Å²) in [5, 5.41) is 7.33. The van der Waals surface area contributed by atoms with Crippen LogP contribution in [0.1, 0.15) is 10.4 Å². The minimum atomic E-state index is -3.98. The number of nitrogens with zero attached hydrogens (tertiary/aromatic N) is 1. The van der Waals surface area contributed by atoms with Gasteiger partial charge in [0.25, 0.3) is 5.91 Å². The summed E-state index contributed by atoms with van der Waals surface area (Å²) >= 11 is 0. The van der Waals surface area contributed by atoms with Gasteiger partial charge in [-0.25, -0.2) is 30.7 Å². The average Bonchev–Trinajstić information content (AvgIpc) is 2.54. The van der Waals surface area contributed by atoms with Gasteiger partial charge < -0.3 is 5.32 Å². The molecule has 11 heteroatoms. The molecule has 0 saturated heterocycles. The average molecular weight is 401 g/mol. The fourth-order valence-corrected chi connectivity index (χ4v) is 3.49. The molecule has 2 rings (SSSR count). The zero-order chi connectivity index (χ0) is 19.7. The molecule has 0 aromatic heterocycles. The number of anilines is 1. The Labute approximate surface area is 150 Å². The van der Waals surface area contributed by atoms with Crippen LogP contribution in [-0.2, 0) is 20.0 Å². The Hall–Kier alpha value is -2.34. The zero-order valence-electron chi connectivity index (χ0n) is 13.8. The predicted octanol–water partition coefficient (Wildman–Crippen LogP) is 0.976. The minimum absolute atomic E-state index is 0.0572. The maximum absolute atomic E-state index is 14.0. The second-order valence-corrected chi connectivity index (χ2v) is 9.17. The van der Waals surface area contributed by atoms with Crippen LogP contribution < -0.4 is 10.5 Å². The Morgan fingerprint density at radius 1 is 1.04 bits per heavy atom. The van der Waals surface area contributed by atoms with Crippen LogP contribution in [0.4, 0.5) is 10.1 Å². The molecule has 0 radical (unpaired) electrons. The van der Waals surface area contributed by atoms with Crippen molar-refractivity contribution in [1.82, 2.24) is 4.31 Å². The van der Waals surface area contributed by atoms with E-state index >= 15 is 0 Å². The van der Waals surface area contributed by atoms with Crippen molar-refractivity contribution in [3.8, 4) is 0 Å². The highest BCUT2D eigenvalue weighted by molar-refractivity contribution is 7.89. The molecule has 0 fully saturated rings. The summed E-state index contributed by atoms with van der Waals surface area (Å²) in [5.41, 5.74) is -0.448. The lowest BCUT2D eigenvalue weighted by Gasteiger charge is -2.13. The lowest BCUT2D eigenvalue weighted by molar-refractivity contribution is 0.102. The first kappa shape index (κ1) is 20.0. The fraction of sp³-hybridized carbons (Fsp3) is 0.133. The molecule has 0 bridgehead atoms. The Morgan fingerprint density at radius 3 is 2.27 bits per heavy atom. The third-order valence-corrected chi connectivity index (χ3v) is 6.10. The lowest BCUT2D eigenvalue weighted by atomic mass is 10.2. The number of primary sulfonamides is 1. The van der Waals surface area contributed by atoms with E-state index in [1.807, 2.05) is 0 Å². The number of nitrogens with two attached hydrogens (primary N) is 1. The molecule has 140 valence electrons. The van der Waals surface area contributed by atoms with Gasteiger partial charge in [-0.15, -0.1) is 0 Å². The largest absolute Gasteiger partial charge is 0.322 e. The van der Waals surface area contributed by atoms with E-state index in [0.717, 1.165) is 28.6 Å². The molecule has 8 nitrogen and oxygen atoms in total. The zero-order valence-corrected chi connectivity index (χ0v) is 15.4. The third kappa shape index (κ3) is 4.25. The molecule has 0 aliphatic heterocycles. The van der Waals surface area contributed by atoms with E-state index in [1.54, 1.807) is 0 Å². The lowest BCUT2D eigenvalue weighted by Crippen LogP contribution is -2.23. The number of hydrogen-bond acceptors (Lipinski definition) is 5. The van der Waals surface area contributed by atoms with Gasteiger partial charge >= 0.3 is 0 Å². The molecule has 0 aliphatic rings. The smallest absolute Gasteiger partial charge is 0.258 e. The van der Waals surface area contributed by atoms with Crippen molar-refractivity contribution in [3.05, 3.63) is 53.8 Å². The van der Waals surface area contributed by atoms with E-state index in [2.05, 4.69) is 5.32 Å². The number of benzene rings is 2. The first-order valence-corrected chi connectivity index (χ1v) is 10.1. The summed E-state index contributed by atoms with van der Waals surface area (Å²) in [6.45, 7) is 0. The van der Waals surface area contributed by atoms with E-state index in [0.29, 0.717) is 0 Å². The third-order valence-electron chi connectivity index (χ3n) is 3.38. The van der Waals surface area contributed by atoms with Gasteiger partial charge in [0, 0.05) is 19.8 Å². The van der Waals surface area contributed by atoms with Gasteiger partial charge in [-0.05, 0) is 36.4 Å². The molecule has 0 saturated carbocycles. The SMILES string of the molecule is CN(C)S(=O)(=O)c1ccc(F)c(C(=O)Nc2cccc(S(N)(=O)=O)c2)c1. The molecule has 0 heterocycles. The van der Waals surface area contributed by atoms with Crippen molar-refractivity contribution >= 4 is 31.6 Å². The molecule has 2 aromatic rings. The summed E-state index contributed by atoms with van der Waals surface area (Å²) in [6.07, 6.45) is 0. The number of nitrogens with one attached hydrogen (secondary N) is 1. The molecule has 3 N–H and O–H groups in total. The first-order valence-electron chi connectivity index (χ1n) is 7.09. The van der Waals surface area contributed by atoms with E-state index in [4.69, 9.17) is 5.14 Å². The number of carbonyl (C=O) groups excluding carboxylic acids is 1. The molecular weight excluding hydrogens is 385 g/mol. The van der Waals surface area contributed by atoms with Crippen LogP contribution >= 0.6 is 0 Å². The molecule has 26 heavy (non-hydrogen) atoms. The van der Waals surface area contributed by atoms with Gasteiger partial charge in [0.2, 0.25) is 20.0 Å². The summed E-state index contributed by atoms with van der Waals surface area (Å²) in [5.74, 6) is -1.87. The highest BCUT2D eigenvalue weighted by Crippen LogP contribution is 2.20. The minimum Gasteiger partial charge on any atom is -0.322 e. The second kappa shape index (κ2) is 7.11. The molecule has 2 aromatic carbocycles. The van der Waals surface area contributed by atoms with Gasteiger partial charge in [-0.2, -0.15) is 0 Å². The maximum Gasteiger partial charge on any atom is 0.258 e. The van der Waals surface area contributed by atoms with Gasteiger partial charge in [-0.3, -0.25) is 4.79 Å². The van der Waals surface area contributed by atoms with Crippen molar-refractivity contribution in [3.63, 3.8) is 0 Å². The van der Waals surface area contributed by atoms with E-state index < -0.39 is 37.3 Å². The van der Waals surface area contributed by atoms with Gasteiger partial charge in [0.15, 0.2) is 0 Å². The number of amides is 1. The summed E-state index contributed by atoms with van der Waals surface area (Å²) in [4.78, 5) is 11.8. The fourth-order valence-electron chi connectivity index (χ4n) is 2.00. The van der Waals surface area contributed by atoms with Crippen molar-refractivity contribution < 1.29 is 26.0 Å². The number of rotatable bonds is 5. The number of hydrogen-bond donors (Lipinski definition) is 2. The van der Waals surface area contributed by atoms with Crippen LogP contribution in [-0.4, -0.2) is 41.1 Å². The molecule has 0 unspecified atom stereocenters. The van der Waals surface area contributed by atoms with E-state index in [9.17, 15) is 26.0 Å². The van der Waals surface area contributed by atoms with Crippen LogP contribution in [0.2, 0.25) is 0 Å². The van der Waals surface area contributed by atoms with Crippen LogP contribution in [0.25, 0.3) is 0 Å². The Kier molecular flexibility index (Phi) is 5.47.